The molecule has 0 aliphatic rings. The van der Waals surface area contributed by atoms with Crippen molar-refractivity contribution < 1.29 is 19.1 Å². The summed E-state index contributed by atoms with van der Waals surface area (Å²) in [6.45, 7) is 2.46. The van der Waals surface area contributed by atoms with Crippen molar-refractivity contribution in [1.82, 2.24) is 10.2 Å². The summed E-state index contributed by atoms with van der Waals surface area (Å²) in [7, 11) is 1.65. The molecule has 0 saturated heterocycles. The average molecular weight is 296 g/mol. The summed E-state index contributed by atoms with van der Waals surface area (Å²) in [6, 6.07) is 5.74. The number of nitrogens with one attached hydrogen (secondary N) is 1. The fourth-order valence-electron chi connectivity index (χ4n) is 1.80. The van der Waals surface area contributed by atoms with Crippen LogP contribution < -0.4 is 5.32 Å². The number of carbonyl (C=O) groups excluding carboxylic acids is 1. The number of hydrogen-bond acceptors (Lipinski definition) is 2. The van der Waals surface area contributed by atoms with Crippen molar-refractivity contribution in [3.05, 3.63) is 35.6 Å². The topological polar surface area (TPSA) is 69.6 Å². The molecule has 5 nitrogen and oxygen atoms in total. The first-order valence-corrected chi connectivity index (χ1v) is 6.86. The standard InChI is InChI=1S/C15H21FN2O3/c1-11(14(19)20)4-3-9-17-15(21)18(2)10-12-5-7-13(16)8-6-12/h5-8,11H,3-4,9-10H2,1-2H3,(H,17,21)(H,19,20). The normalized spacial score (nSPS) is 11.8. The van der Waals surface area contributed by atoms with Crippen molar-refractivity contribution in [2.45, 2.75) is 26.3 Å². The zero-order chi connectivity index (χ0) is 15.8. The highest BCUT2D eigenvalue weighted by atomic mass is 19.1. The Bertz CT molecular complexity index is 476. The lowest BCUT2D eigenvalue weighted by atomic mass is 10.1. The number of hydrogen-bond donors (Lipinski definition) is 2. The van der Waals surface area contributed by atoms with Gasteiger partial charge in [0.15, 0.2) is 0 Å². The largest absolute Gasteiger partial charge is 0.481 e. The molecule has 0 aliphatic heterocycles. The van der Waals surface area contributed by atoms with Gasteiger partial charge in [-0.25, -0.2) is 9.18 Å². The molecule has 0 spiro atoms. The zero-order valence-corrected chi connectivity index (χ0v) is 12.3. The predicted octanol–water partition coefficient (Wildman–Crippen LogP) is 2.47. The fourth-order valence-corrected chi connectivity index (χ4v) is 1.80. The quantitative estimate of drug-likeness (QED) is 0.759. The summed E-state index contributed by atoms with van der Waals surface area (Å²) >= 11 is 0. The van der Waals surface area contributed by atoms with E-state index < -0.39 is 11.9 Å². The van der Waals surface area contributed by atoms with Gasteiger partial charge >= 0.3 is 12.0 Å². The Morgan fingerprint density at radius 3 is 2.52 bits per heavy atom. The van der Waals surface area contributed by atoms with E-state index in [1.54, 1.807) is 26.1 Å². The third-order valence-electron chi connectivity index (χ3n) is 3.19. The van der Waals surface area contributed by atoms with E-state index in [1.807, 2.05) is 0 Å². The molecular weight excluding hydrogens is 275 g/mol. The summed E-state index contributed by atoms with van der Waals surface area (Å²) in [5.41, 5.74) is 0.841. The molecule has 6 heteroatoms. The van der Waals surface area contributed by atoms with Crippen LogP contribution in [0.5, 0.6) is 0 Å². The minimum absolute atomic E-state index is 0.234. The lowest BCUT2D eigenvalue weighted by Gasteiger charge is -2.18. The molecule has 1 unspecified atom stereocenters. The summed E-state index contributed by atoms with van der Waals surface area (Å²) in [5.74, 6) is -1.54. The highest BCUT2D eigenvalue weighted by Gasteiger charge is 2.11. The second kappa shape index (κ2) is 8.24. The molecule has 0 radical (unpaired) electrons. The van der Waals surface area contributed by atoms with Gasteiger partial charge < -0.3 is 15.3 Å². The van der Waals surface area contributed by atoms with Gasteiger partial charge in [0.05, 0.1) is 5.92 Å². The Kier molecular flexibility index (Phi) is 6.65. The molecule has 0 bridgehead atoms. The molecule has 0 fully saturated rings. The van der Waals surface area contributed by atoms with E-state index >= 15 is 0 Å². The molecule has 2 amide bonds. The van der Waals surface area contributed by atoms with Crippen molar-refractivity contribution in [2.75, 3.05) is 13.6 Å². The van der Waals surface area contributed by atoms with Gasteiger partial charge in [-0.15, -0.1) is 0 Å². The second-order valence-corrected chi connectivity index (χ2v) is 5.10. The molecule has 0 aliphatic carbocycles. The molecule has 0 heterocycles. The van der Waals surface area contributed by atoms with E-state index in [9.17, 15) is 14.0 Å². The Morgan fingerprint density at radius 2 is 1.95 bits per heavy atom. The monoisotopic (exact) mass is 296 g/mol. The SMILES string of the molecule is CC(CCCNC(=O)N(C)Cc1ccc(F)cc1)C(=O)O. The number of benzene rings is 1. The maximum atomic E-state index is 12.8. The van der Waals surface area contributed by atoms with Crippen LogP contribution in [0.15, 0.2) is 24.3 Å². The summed E-state index contributed by atoms with van der Waals surface area (Å²) < 4.78 is 12.8. The van der Waals surface area contributed by atoms with Crippen LogP contribution in [0.3, 0.4) is 0 Å². The van der Waals surface area contributed by atoms with E-state index in [-0.39, 0.29) is 11.8 Å². The van der Waals surface area contributed by atoms with Crippen molar-refractivity contribution in [3.8, 4) is 0 Å². The van der Waals surface area contributed by atoms with Crippen LogP contribution >= 0.6 is 0 Å². The molecule has 1 rings (SSSR count). The number of amides is 2. The number of carboxylic acids is 1. The van der Waals surface area contributed by atoms with Crippen LogP contribution in [-0.4, -0.2) is 35.6 Å². The minimum atomic E-state index is -0.824. The van der Waals surface area contributed by atoms with Crippen LogP contribution in [0, 0.1) is 11.7 Å². The van der Waals surface area contributed by atoms with Gasteiger partial charge in [0.1, 0.15) is 5.82 Å². The average Bonchev–Trinajstić information content (AvgIpc) is 2.45. The predicted molar refractivity (Wildman–Crippen MR) is 77.3 cm³/mol. The number of carboxylic acid groups (broad SMARTS) is 1. The summed E-state index contributed by atoms with van der Waals surface area (Å²) in [4.78, 5) is 24.0. The van der Waals surface area contributed by atoms with E-state index in [1.165, 1.54) is 17.0 Å². The highest BCUT2D eigenvalue weighted by Crippen LogP contribution is 2.06. The maximum Gasteiger partial charge on any atom is 0.317 e. The van der Waals surface area contributed by atoms with E-state index in [4.69, 9.17) is 5.11 Å². The number of carbonyl (C=O) groups is 2. The van der Waals surface area contributed by atoms with Gasteiger partial charge in [0, 0.05) is 20.1 Å². The third-order valence-corrected chi connectivity index (χ3v) is 3.19. The number of nitrogens with zero attached hydrogens (tertiary/aromatic N) is 1. The van der Waals surface area contributed by atoms with Crippen molar-refractivity contribution >= 4 is 12.0 Å². The highest BCUT2D eigenvalue weighted by molar-refractivity contribution is 5.73. The zero-order valence-electron chi connectivity index (χ0n) is 12.3. The fraction of sp³-hybridized carbons (Fsp3) is 0.467. The van der Waals surface area contributed by atoms with E-state index in [2.05, 4.69) is 5.32 Å². The first-order valence-electron chi connectivity index (χ1n) is 6.86. The van der Waals surface area contributed by atoms with Crippen LogP contribution in [0.1, 0.15) is 25.3 Å². The van der Waals surface area contributed by atoms with Crippen LogP contribution in [0.4, 0.5) is 9.18 Å². The molecule has 0 aromatic heterocycles. The Labute approximate surface area is 123 Å². The van der Waals surface area contributed by atoms with Crippen molar-refractivity contribution in [2.24, 2.45) is 5.92 Å². The first-order chi connectivity index (χ1) is 9.90. The number of aliphatic carboxylic acids is 1. The maximum absolute atomic E-state index is 12.8. The molecular formula is C15H21FN2O3. The van der Waals surface area contributed by atoms with Crippen LogP contribution in [0.2, 0.25) is 0 Å². The molecule has 1 aromatic carbocycles. The smallest absolute Gasteiger partial charge is 0.317 e. The van der Waals surface area contributed by atoms with E-state index in [0.29, 0.717) is 25.9 Å². The van der Waals surface area contributed by atoms with Crippen molar-refractivity contribution in [3.63, 3.8) is 0 Å². The summed E-state index contributed by atoms with van der Waals surface area (Å²) in [5, 5.41) is 11.5. The molecule has 21 heavy (non-hydrogen) atoms. The Balaban J connectivity index is 2.28. The number of halogens is 1. The van der Waals surface area contributed by atoms with Gasteiger partial charge in [-0.05, 0) is 30.5 Å². The van der Waals surface area contributed by atoms with Gasteiger partial charge in [0.25, 0.3) is 0 Å². The Morgan fingerprint density at radius 1 is 1.33 bits per heavy atom. The molecule has 1 aromatic rings. The number of rotatable bonds is 7. The lowest BCUT2D eigenvalue weighted by molar-refractivity contribution is -0.141. The van der Waals surface area contributed by atoms with Gasteiger partial charge in [-0.3, -0.25) is 4.79 Å². The molecule has 2 N–H and O–H groups in total. The first kappa shape index (κ1) is 16.9. The third kappa shape index (κ3) is 6.25. The van der Waals surface area contributed by atoms with Crippen molar-refractivity contribution in [1.29, 1.82) is 0 Å². The second-order valence-electron chi connectivity index (χ2n) is 5.10. The van der Waals surface area contributed by atoms with Gasteiger partial charge in [-0.2, -0.15) is 0 Å². The molecule has 0 saturated carbocycles. The lowest BCUT2D eigenvalue weighted by Crippen LogP contribution is -2.37. The molecule has 116 valence electrons. The van der Waals surface area contributed by atoms with Gasteiger partial charge in [0.2, 0.25) is 0 Å². The van der Waals surface area contributed by atoms with Crippen LogP contribution in [0.25, 0.3) is 0 Å². The Hall–Kier alpha value is -2.11. The number of urea groups is 1. The minimum Gasteiger partial charge on any atom is -0.481 e. The summed E-state index contributed by atoms with van der Waals surface area (Å²) in [6.07, 6.45) is 1.14. The van der Waals surface area contributed by atoms with Gasteiger partial charge in [-0.1, -0.05) is 19.1 Å². The van der Waals surface area contributed by atoms with E-state index in [0.717, 1.165) is 5.56 Å². The van der Waals surface area contributed by atoms with Crippen LogP contribution in [-0.2, 0) is 11.3 Å². The molecule has 1 atom stereocenters.